The fourth-order valence-corrected chi connectivity index (χ4v) is 5.31. The Morgan fingerprint density at radius 3 is 2.64 bits per heavy atom. The lowest BCUT2D eigenvalue weighted by Crippen LogP contribution is -2.39. The molecule has 0 aliphatic carbocycles. The first-order valence-electron chi connectivity index (χ1n) is 12.5. The van der Waals surface area contributed by atoms with Gasteiger partial charge in [0.15, 0.2) is 10.9 Å². The molecule has 0 radical (unpaired) electrons. The van der Waals surface area contributed by atoms with Crippen LogP contribution in [0.4, 0.5) is 5.13 Å². The number of benzene rings is 2. The van der Waals surface area contributed by atoms with Gasteiger partial charge in [0.25, 0.3) is 5.91 Å². The number of hydrogen-bond acceptors (Lipinski definition) is 7. The van der Waals surface area contributed by atoms with Gasteiger partial charge < -0.3 is 10.1 Å². The Balaban J connectivity index is 1.33. The average molecular weight is 507 g/mol. The van der Waals surface area contributed by atoms with Crippen molar-refractivity contribution in [2.75, 3.05) is 38.6 Å². The van der Waals surface area contributed by atoms with Gasteiger partial charge in [-0.1, -0.05) is 32.0 Å². The van der Waals surface area contributed by atoms with Crippen LogP contribution in [-0.4, -0.2) is 60.9 Å². The summed E-state index contributed by atoms with van der Waals surface area (Å²) >= 11 is 1.36. The molecule has 1 aliphatic rings. The summed E-state index contributed by atoms with van der Waals surface area (Å²) in [6.45, 7) is 7.59. The van der Waals surface area contributed by atoms with Crippen LogP contribution in [0.25, 0.3) is 11.3 Å². The van der Waals surface area contributed by atoms with Crippen molar-refractivity contribution in [1.82, 2.24) is 15.2 Å². The highest BCUT2D eigenvalue weighted by Gasteiger charge is 2.22. The van der Waals surface area contributed by atoms with Gasteiger partial charge in [-0.2, -0.15) is 0 Å². The van der Waals surface area contributed by atoms with Crippen LogP contribution in [0.5, 0.6) is 5.75 Å². The first-order chi connectivity index (χ1) is 17.5. The number of nitrogens with one attached hydrogen (secondary N) is 2. The highest BCUT2D eigenvalue weighted by atomic mass is 32.1. The molecule has 7 nitrogen and oxygen atoms in total. The van der Waals surface area contributed by atoms with Gasteiger partial charge in [0.2, 0.25) is 0 Å². The summed E-state index contributed by atoms with van der Waals surface area (Å²) in [6.07, 6.45) is 3.32. The number of likely N-dealkylation sites (tertiary alicyclic amines) is 1. The van der Waals surface area contributed by atoms with E-state index in [-0.39, 0.29) is 11.7 Å². The smallest absolute Gasteiger partial charge is 0.257 e. The molecule has 1 aromatic heterocycles. The molecular formula is C28H34N4O3S. The number of carbonyl (C=O) groups is 2. The zero-order valence-electron chi connectivity index (χ0n) is 21.2. The predicted octanol–water partition coefficient (Wildman–Crippen LogP) is 4.89. The van der Waals surface area contributed by atoms with E-state index in [0.717, 1.165) is 43.1 Å². The zero-order valence-corrected chi connectivity index (χ0v) is 22.0. The Morgan fingerprint density at radius 2 is 1.92 bits per heavy atom. The number of ketones is 1. The summed E-state index contributed by atoms with van der Waals surface area (Å²) in [6, 6.07) is 13.3. The number of nitrogens with zero attached hydrogens (tertiary/aromatic N) is 2. The maximum Gasteiger partial charge on any atom is 0.257 e. The molecule has 0 spiro atoms. The maximum atomic E-state index is 12.8. The molecule has 0 saturated carbocycles. The van der Waals surface area contributed by atoms with E-state index < -0.39 is 0 Å². The lowest BCUT2D eigenvalue weighted by molar-refractivity contribution is 0.0985. The van der Waals surface area contributed by atoms with Gasteiger partial charge >= 0.3 is 0 Å². The van der Waals surface area contributed by atoms with Gasteiger partial charge in [0.1, 0.15) is 5.75 Å². The van der Waals surface area contributed by atoms with E-state index >= 15 is 0 Å². The van der Waals surface area contributed by atoms with Crippen molar-refractivity contribution in [2.45, 2.75) is 39.2 Å². The van der Waals surface area contributed by atoms with Crippen LogP contribution in [0, 0.1) is 0 Å². The van der Waals surface area contributed by atoms with E-state index in [1.807, 2.05) is 17.5 Å². The Labute approximate surface area is 216 Å². The molecule has 1 aliphatic heterocycles. The molecule has 190 valence electrons. The van der Waals surface area contributed by atoms with E-state index in [1.165, 1.54) is 29.7 Å². The first kappa shape index (κ1) is 26.0. The predicted molar refractivity (Wildman–Crippen MR) is 145 cm³/mol. The maximum absolute atomic E-state index is 12.8. The number of hydrogen-bond donors (Lipinski definition) is 2. The second-order valence-electron chi connectivity index (χ2n) is 8.94. The van der Waals surface area contributed by atoms with Crippen LogP contribution in [0.1, 0.15) is 53.0 Å². The molecule has 1 amide bonds. The van der Waals surface area contributed by atoms with Gasteiger partial charge in [-0.3, -0.25) is 19.8 Å². The van der Waals surface area contributed by atoms with Crippen LogP contribution < -0.4 is 15.4 Å². The number of anilines is 1. The molecule has 1 atom stereocenters. The first-order valence-corrected chi connectivity index (χ1v) is 13.4. The van der Waals surface area contributed by atoms with Gasteiger partial charge in [0.05, 0.1) is 19.3 Å². The normalized spacial score (nSPS) is 15.7. The van der Waals surface area contributed by atoms with Crippen molar-refractivity contribution in [3.05, 3.63) is 64.5 Å². The molecule has 0 bridgehead atoms. The van der Waals surface area contributed by atoms with E-state index in [0.29, 0.717) is 28.8 Å². The minimum absolute atomic E-state index is 0.0239. The van der Waals surface area contributed by atoms with Gasteiger partial charge in [-0.15, -0.1) is 11.3 Å². The van der Waals surface area contributed by atoms with Crippen molar-refractivity contribution < 1.29 is 14.3 Å². The van der Waals surface area contributed by atoms with Crippen LogP contribution in [0.2, 0.25) is 0 Å². The molecule has 4 rings (SSSR count). The number of rotatable bonds is 11. The molecule has 3 aromatic rings. The summed E-state index contributed by atoms with van der Waals surface area (Å²) in [5, 5.41) is 8.59. The molecule has 8 heteroatoms. The standard InChI is InChI=1S/C28H34N4O3S/c1-4-19-8-13-26(35-3)23(15-19)24-18-36-28(30-24)31-27(34)21-11-9-20(10-12-21)25(33)17-29-16-22-7-6-14-32(22)5-2/h8-13,15,18,22,29H,4-7,14,16-17H2,1-3H3,(H,30,31,34). The zero-order chi connectivity index (χ0) is 25.5. The van der Waals surface area contributed by atoms with Crippen LogP contribution in [0.15, 0.2) is 47.8 Å². The number of carbonyl (C=O) groups excluding carboxylic acids is 2. The minimum Gasteiger partial charge on any atom is -0.496 e. The molecule has 2 aromatic carbocycles. The number of thiazole rings is 1. The topological polar surface area (TPSA) is 83.6 Å². The van der Waals surface area contributed by atoms with Crippen LogP contribution >= 0.6 is 11.3 Å². The third kappa shape index (κ3) is 6.19. The van der Waals surface area contributed by atoms with E-state index in [1.54, 1.807) is 31.4 Å². The number of likely N-dealkylation sites (N-methyl/N-ethyl adjacent to an activating group) is 1. The molecule has 2 N–H and O–H groups in total. The molecule has 2 heterocycles. The fourth-order valence-electron chi connectivity index (χ4n) is 4.60. The van der Waals surface area contributed by atoms with E-state index in [9.17, 15) is 9.59 Å². The molecule has 1 fully saturated rings. The molecule has 36 heavy (non-hydrogen) atoms. The molecular weight excluding hydrogens is 472 g/mol. The second-order valence-corrected chi connectivity index (χ2v) is 9.79. The third-order valence-corrected chi connectivity index (χ3v) is 7.47. The molecule has 1 unspecified atom stereocenters. The lowest BCUT2D eigenvalue weighted by Gasteiger charge is -2.22. The van der Waals surface area contributed by atoms with Crippen LogP contribution in [0.3, 0.4) is 0 Å². The van der Waals surface area contributed by atoms with Crippen molar-refractivity contribution in [3.63, 3.8) is 0 Å². The Morgan fingerprint density at radius 1 is 1.14 bits per heavy atom. The van der Waals surface area contributed by atoms with Gasteiger partial charge in [0, 0.05) is 34.7 Å². The number of methoxy groups -OCH3 is 1. The van der Waals surface area contributed by atoms with E-state index in [2.05, 4.69) is 40.4 Å². The van der Waals surface area contributed by atoms with Crippen molar-refractivity contribution in [3.8, 4) is 17.0 Å². The number of ether oxygens (including phenoxy) is 1. The third-order valence-electron chi connectivity index (χ3n) is 6.71. The van der Waals surface area contributed by atoms with Crippen molar-refractivity contribution >= 4 is 28.2 Å². The SMILES string of the molecule is CCc1ccc(OC)c(-c2csc(NC(=O)c3ccc(C(=O)CNCC4CCCN4CC)cc3)n2)c1. The average Bonchev–Trinajstić information content (AvgIpc) is 3.57. The summed E-state index contributed by atoms with van der Waals surface area (Å²) in [7, 11) is 1.64. The fraction of sp³-hybridized carbons (Fsp3) is 0.393. The number of amides is 1. The van der Waals surface area contributed by atoms with E-state index in [4.69, 9.17) is 4.74 Å². The highest BCUT2D eigenvalue weighted by Crippen LogP contribution is 2.33. The summed E-state index contributed by atoms with van der Waals surface area (Å²) in [4.78, 5) is 32.4. The summed E-state index contributed by atoms with van der Waals surface area (Å²) < 4.78 is 5.49. The lowest BCUT2D eigenvalue weighted by atomic mass is 10.1. The highest BCUT2D eigenvalue weighted by molar-refractivity contribution is 7.14. The minimum atomic E-state index is -0.261. The molecule has 1 saturated heterocycles. The largest absolute Gasteiger partial charge is 0.496 e. The van der Waals surface area contributed by atoms with Crippen molar-refractivity contribution in [2.24, 2.45) is 0 Å². The second kappa shape index (κ2) is 12.3. The van der Waals surface area contributed by atoms with Gasteiger partial charge in [-0.05, 0) is 62.2 Å². The summed E-state index contributed by atoms with van der Waals surface area (Å²) in [5.74, 6) is 0.509. The Hall–Kier alpha value is -3.07. The number of aromatic nitrogens is 1. The summed E-state index contributed by atoms with van der Waals surface area (Å²) in [5.41, 5.74) is 3.93. The monoisotopic (exact) mass is 506 g/mol. The Bertz CT molecular complexity index is 1190. The number of aryl methyl sites for hydroxylation is 1. The quantitative estimate of drug-likeness (QED) is 0.360. The van der Waals surface area contributed by atoms with Crippen molar-refractivity contribution in [1.29, 1.82) is 0 Å². The van der Waals surface area contributed by atoms with Crippen LogP contribution in [-0.2, 0) is 6.42 Å². The number of Topliss-reactive ketones (excluding diaryl/α,β-unsaturated/α-hetero) is 1. The Kier molecular flexibility index (Phi) is 8.85. The van der Waals surface area contributed by atoms with Gasteiger partial charge in [-0.25, -0.2) is 4.98 Å².